The fraction of sp³-hybridized carbons (Fsp3) is 0.462. The first-order valence-electron chi connectivity index (χ1n) is 5.62. The predicted octanol–water partition coefficient (Wildman–Crippen LogP) is 2.55. The Labute approximate surface area is 101 Å². The number of benzene rings is 1. The van der Waals surface area contributed by atoms with Crippen LogP contribution in [0.3, 0.4) is 0 Å². The van der Waals surface area contributed by atoms with Crippen LogP contribution in [-0.2, 0) is 10.3 Å². The highest BCUT2D eigenvalue weighted by Crippen LogP contribution is 2.41. The van der Waals surface area contributed by atoms with Crippen molar-refractivity contribution in [3.05, 3.63) is 35.9 Å². The summed E-state index contributed by atoms with van der Waals surface area (Å²) in [5, 5.41) is 3.19. The molecule has 16 heavy (non-hydrogen) atoms. The lowest BCUT2D eigenvalue weighted by atomic mass is 9.72. The summed E-state index contributed by atoms with van der Waals surface area (Å²) in [5.74, 6) is 0.699. The van der Waals surface area contributed by atoms with Crippen molar-refractivity contribution in [3.8, 4) is 0 Å². The Balaban J connectivity index is 2.11. The number of amides is 1. The van der Waals surface area contributed by atoms with Crippen LogP contribution in [0, 0.1) is 0 Å². The molecule has 1 aromatic carbocycles. The molecule has 0 atom stereocenters. The van der Waals surface area contributed by atoms with Crippen molar-refractivity contribution in [1.29, 1.82) is 0 Å². The highest BCUT2D eigenvalue weighted by Gasteiger charge is 2.39. The molecule has 1 N–H and O–H groups in total. The molecule has 0 aliphatic heterocycles. The molecule has 0 heterocycles. The second-order valence-corrected chi connectivity index (χ2v) is 5.15. The van der Waals surface area contributed by atoms with Crippen LogP contribution in [0.5, 0.6) is 0 Å². The van der Waals surface area contributed by atoms with Crippen molar-refractivity contribution < 1.29 is 4.79 Å². The Hall–Kier alpha value is -0.960. The number of carbonyl (C=O) groups excluding carboxylic acids is 1. The molecule has 1 aliphatic rings. The molecule has 0 bridgehead atoms. The summed E-state index contributed by atoms with van der Waals surface area (Å²) in [6.07, 6.45) is 5.29. The molecule has 1 fully saturated rings. The standard InChI is InChI=1S/C13H17NOS/c1-16-10-12(15)14-13(8-5-9-13)11-6-3-2-4-7-11/h2-4,6-7H,5,8-10H2,1H3,(H,14,15). The van der Waals surface area contributed by atoms with E-state index in [1.807, 2.05) is 24.5 Å². The third-order valence-corrected chi connectivity index (χ3v) is 3.74. The minimum absolute atomic E-state index is 0.0753. The van der Waals surface area contributed by atoms with E-state index in [9.17, 15) is 4.79 Å². The molecule has 1 saturated carbocycles. The molecule has 0 saturated heterocycles. The molecule has 0 unspecified atom stereocenters. The van der Waals surface area contributed by atoms with Crippen LogP contribution >= 0.6 is 11.8 Å². The van der Waals surface area contributed by atoms with E-state index in [-0.39, 0.29) is 11.4 Å². The number of hydrogen-bond acceptors (Lipinski definition) is 2. The summed E-state index contributed by atoms with van der Waals surface area (Å²) in [4.78, 5) is 11.7. The Kier molecular flexibility index (Phi) is 3.54. The molecule has 0 radical (unpaired) electrons. The molecule has 0 spiro atoms. The summed E-state index contributed by atoms with van der Waals surface area (Å²) in [7, 11) is 0. The van der Waals surface area contributed by atoms with E-state index in [0.717, 1.165) is 12.8 Å². The van der Waals surface area contributed by atoms with Gasteiger partial charge >= 0.3 is 0 Å². The van der Waals surface area contributed by atoms with Gasteiger partial charge in [0.25, 0.3) is 0 Å². The van der Waals surface area contributed by atoms with Gasteiger partial charge in [0.15, 0.2) is 0 Å². The third kappa shape index (κ3) is 2.24. The lowest BCUT2D eigenvalue weighted by Crippen LogP contribution is -2.51. The summed E-state index contributed by atoms with van der Waals surface area (Å²) in [6.45, 7) is 0. The van der Waals surface area contributed by atoms with Crippen LogP contribution in [0.15, 0.2) is 30.3 Å². The molecule has 1 amide bonds. The summed E-state index contributed by atoms with van der Waals surface area (Å²) in [5.41, 5.74) is 1.17. The zero-order valence-electron chi connectivity index (χ0n) is 9.53. The molecule has 0 aromatic heterocycles. The number of nitrogens with one attached hydrogen (secondary N) is 1. The SMILES string of the molecule is CSCC(=O)NC1(c2ccccc2)CCC1. The maximum absolute atomic E-state index is 11.7. The molecular formula is C13H17NOS. The van der Waals surface area contributed by atoms with Gasteiger partial charge < -0.3 is 5.32 Å². The largest absolute Gasteiger partial charge is 0.346 e. The zero-order chi connectivity index (χ0) is 11.4. The van der Waals surface area contributed by atoms with E-state index in [1.54, 1.807) is 11.8 Å². The zero-order valence-corrected chi connectivity index (χ0v) is 10.3. The number of hydrogen-bond donors (Lipinski definition) is 1. The van der Waals surface area contributed by atoms with Crippen LogP contribution in [0.2, 0.25) is 0 Å². The van der Waals surface area contributed by atoms with Gasteiger partial charge in [-0.2, -0.15) is 11.8 Å². The minimum atomic E-state index is -0.0753. The molecule has 86 valence electrons. The van der Waals surface area contributed by atoms with E-state index in [0.29, 0.717) is 5.75 Å². The second kappa shape index (κ2) is 4.91. The maximum atomic E-state index is 11.7. The van der Waals surface area contributed by atoms with Crippen molar-refractivity contribution in [2.24, 2.45) is 0 Å². The number of carbonyl (C=O) groups is 1. The highest BCUT2D eigenvalue weighted by molar-refractivity contribution is 7.99. The van der Waals surface area contributed by atoms with Crippen molar-refractivity contribution in [2.75, 3.05) is 12.0 Å². The topological polar surface area (TPSA) is 29.1 Å². The van der Waals surface area contributed by atoms with Gasteiger partial charge in [-0.1, -0.05) is 30.3 Å². The quantitative estimate of drug-likeness (QED) is 0.869. The van der Waals surface area contributed by atoms with Gasteiger partial charge in [0.2, 0.25) is 5.91 Å². The lowest BCUT2D eigenvalue weighted by Gasteiger charge is -2.43. The summed E-state index contributed by atoms with van der Waals surface area (Å²) >= 11 is 1.57. The van der Waals surface area contributed by atoms with Crippen LogP contribution in [-0.4, -0.2) is 17.9 Å². The van der Waals surface area contributed by atoms with Crippen molar-refractivity contribution in [3.63, 3.8) is 0 Å². The average molecular weight is 235 g/mol. The molecule has 1 aromatic rings. The summed E-state index contributed by atoms with van der Waals surface area (Å²) in [6, 6.07) is 10.3. The monoisotopic (exact) mass is 235 g/mol. The molecule has 2 nitrogen and oxygen atoms in total. The van der Waals surface area contributed by atoms with E-state index in [1.165, 1.54) is 12.0 Å². The van der Waals surface area contributed by atoms with Gasteiger partial charge in [0.1, 0.15) is 0 Å². The molecular weight excluding hydrogens is 218 g/mol. The average Bonchev–Trinajstić information content (AvgIpc) is 2.25. The van der Waals surface area contributed by atoms with Gasteiger partial charge in [-0.3, -0.25) is 4.79 Å². The molecule has 1 aliphatic carbocycles. The van der Waals surface area contributed by atoms with Gasteiger partial charge in [0.05, 0.1) is 11.3 Å². The van der Waals surface area contributed by atoms with E-state index < -0.39 is 0 Å². The Morgan fingerprint density at radius 1 is 1.38 bits per heavy atom. The van der Waals surface area contributed by atoms with E-state index in [4.69, 9.17) is 0 Å². The fourth-order valence-electron chi connectivity index (χ4n) is 2.21. The van der Waals surface area contributed by atoms with Gasteiger partial charge in [0, 0.05) is 0 Å². The number of thioether (sulfide) groups is 1. The first-order valence-corrected chi connectivity index (χ1v) is 7.02. The van der Waals surface area contributed by atoms with Crippen molar-refractivity contribution in [1.82, 2.24) is 5.32 Å². The normalized spacial score (nSPS) is 17.6. The van der Waals surface area contributed by atoms with Crippen LogP contribution in [0.1, 0.15) is 24.8 Å². The van der Waals surface area contributed by atoms with Crippen LogP contribution in [0.25, 0.3) is 0 Å². The van der Waals surface area contributed by atoms with Gasteiger partial charge in [-0.15, -0.1) is 0 Å². The molecule has 3 heteroatoms. The summed E-state index contributed by atoms with van der Waals surface area (Å²) < 4.78 is 0. The Morgan fingerprint density at radius 3 is 2.56 bits per heavy atom. The van der Waals surface area contributed by atoms with Crippen LogP contribution in [0.4, 0.5) is 0 Å². The van der Waals surface area contributed by atoms with E-state index in [2.05, 4.69) is 17.4 Å². The second-order valence-electron chi connectivity index (χ2n) is 4.28. The third-order valence-electron chi connectivity index (χ3n) is 3.19. The smallest absolute Gasteiger partial charge is 0.230 e. The predicted molar refractivity (Wildman–Crippen MR) is 68.5 cm³/mol. The van der Waals surface area contributed by atoms with Crippen LogP contribution < -0.4 is 5.32 Å². The Bertz CT molecular complexity index is 359. The van der Waals surface area contributed by atoms with Gasteiger partial charge in [-0.25, -0.2) is 0 Å². The first-order chi connectivity index (χ1) is 7.77. The minimum Gasteiger partial charge on any atom is -0.346 e. The van der Waals surface area contributed by atoms with Crippen molar-refractivity contribution in [2.45, 2.75) is 24.8 Å². The van der Waals surface area contributed by atoms with Gasteiger partial charge in [-0.05, 0) is 31.1 Å². The van der Waals surface area contributed by atoms with Crippen molar-refractivity contribution >= 4 is 17.7 Å². The lowest BCUT2D eigenvalue weighted by molar-refractivity contribution is -0.121. The first kappa shape index (κ1) is 11.5. The Morgan fingerprint density at radius 2 is 2.06 bits per heavy atom. The molecule has 2 rings (SSSR count). The number of rotatable bonds is 4. The van der Waals surface area contributed by atoms with E-state index >= 15 is 0 Å². The fourth-order valence-corrected chi connectivity index (χ4v) is 2.54. The maximum Gasteiger partial charge on any atom is 0.230 e. The highest BCUT2D eigenvalue weighted by atomic mass is 32.2.